The number of carbonyl (C=O) groups is 1. The van der Waals surface area contributed by atoms with Crippen molar-refractivity contribution in [2.45, 2.75) is 45.2 Å². The predicted molar refractivity (Wildman–Crippen MR) is 157 cm³/mol. The molecule has 0 fully saturated rings. The molecule has 0 unspecified atom stereocenters. The van der Waals surface area contributed by atoms with Crippen LogP contribution in [0, 0.1) is 5.92 Å². The van der Waals surface area contributed by atoms with E-state index in [2.05, 4.69) is 4.57 Å². The second kappa shape index (κ2) is 14.9. The number of amides is 1. The van der Waals surface area contributed by atoms with Crippen molar-refractivity contribution in [2.24, 2.45) is 5.92 Å². The second-order valence-electron chi connectivity index (χ2n) is 9.73. The molecule has 0 spiro atoms. The Labute approximate surface area is 242 Å². The first-order valence-electron chi connectivity index (χ1n) is 13.1. The number of hydrogen-bond donors (Lipinski definition) is 0. The summed E-state index contributed by atoms with van der Waals surface area (Å²) in [4.78, 5) is 15.5. The molecular weight excluding hydrogens is 557 g/mol. The van der Waals surface area contributed by atoms with Crippen molar-refractivity contribution in [3.05, 3.63) is 88.2 Å². The summed E-state index contributed by atoms with van der Waals surface area (Å²) in [5.41, 5.74) is 1.92. The topological polar surface area (TPSA) is 71.8 Å². The SMILES string of the molecule is CCOCCCN(CC(=O)N(Cc1cccn1Cc1ccccc1Cl)CC(C)C)S(=O)(=O)c1ccc(Cl)cc1. The third kappa shape index (κ3) is 9.08. The Balaban J connectivity index is 1.83. The first-order chi connectivity index (χ1) is 18.6. The van der Waals surface area contributed by atoms with Gasteiger partial charge in [-0.3, -0.25) is 4.79 Å². The van der Waals surface area contributed by atoms with E-state index >= 15 is 0 Å². The van der Waals surface area contributed by atoms with Gasteiger partial charge in [0.05, 0.1) is 18.0 Å². The quantitative estimate of drug-likeness (QED) is 0.204. The molecule has 10 heteroatoms. The van der Waals surface area contributed by atoms with Crippen LogP contribution in [0.3, 0.4) is 0 Å². The number of hydrogen-bond acceptors (Lipinski definition) is 4. The van der Waals surface area contributed by atoms with Crippen molar-refractivity contribution < 1.29 is 17.9 Å². The lowest BCUT2D eigenvalue weighted by Gasteiger charge is -2.29. The van der Waals surface area contributed by atoms with Crippen molar-refractivity contribution in [2.75, 3.05) is 32.8 Å². The lowest BCUT2D eigenvalue weighted by molar-refractivity contribution is -0.132. The minimum Gasteiger partial charge on any atom is -0.382 e. The zero-order valence-electron chi connectivity index (χ0n) is 22.7. The third-order valence-corrected chi connectivity index (χ3v) is 8.66. The van der Waals surface area contributed by atoms with Gasteiger partial charge >= 0.3 is 0 Å². The highest BCUT2D eigenvalue weighted by Gasteiger charge is 2.29. The van der Waals surface area contributed by atoms with Gasteiger partial charge in [0.15, 0.2) is 0 Å². The van der Waals surface area contributed by atoms with E-state index < -0.39 is 10.0 Å². The highest BCUT2D eigenvalue weighted by atomic mass is 35.5. The van der Waals surface area contributed by atoms with Gasteiger partial charge in [0.2, 0.25) is 15.9 Å². The van der Waals surface area contributed by atoms with E-state index in [0.29, 0.717) is 49.3 Å². The van der Waals surface area contributed by atoms with Gasteiger partial charge in [-0.25, -0.2) is 8.42 Å². The number of halogens is 2. The number of nitrogens with zero attached hydrogens (tertiary/aromatic N) is 3. The number of carbonyl (C=O) groups excluding carboxylic acids is 1. The van der Waals surface area contributed by atoms with Crippen molar-refractivity contribution in [1.29, 1.82) is 0 Å². The first kappa shape index (κ1) is 31.2. The summed E-state index contributed by atoms with van der Waals surface area (Å²) in [6.45, 7) is 8.20. The van der Waals surface area contributed by atoms with E-state index in [-0.39, 0.29) is 29.8 Å². The fourth-order valence-electron chi connectivity index (χ4n) is 4.23. The smallest absolute Gasteiger partial charge is 0.243 e. The van der Waals surface area contributed by atoms with Crippen LogP contribution < -0.4 is 0 Å². The van der Waals surface area contributed by atoms with Crippen LogP contribution >= 0.6 is 23.2 Å². The predicted octanol–water partition coefficient (Wildman–Crippen LogP) is 5.95. The van der Waals surface area contributed by atoms with Crippen molar-refractivity contribution >= 4 is 39.1 Å². The summed E-state index contributed by atoms with van der Waals surface area (Å²) in [6.07, 6.45) is 2.43. The monoisotopic (exact) mass is 593 g/mol. The van der Waals surface area contributed by atoms with Crippen LogP contribution in [0.4, 0.5) is 0 Å². The van der Waals surface area contributed by atoms with Gasteiger partial charge in [0.1, 0.15) is 0 Å². The Morgan fingerprint density at radius 1 is 1.03 bits per heavy atom. The van der Waals surface area contributed by atoms with Crippen molar-refractivity contribution in [3.63, 3.8) is 0 Å². The van der Waals surface area contributed by atoms with E-state index in [1.165, 1.54) is 28.6 Å². The molecule has 212 valence electrons. The molecule has 0 N–H and O–H groups in total. The van der Waals surface area contributed by atoms with Gasteiger partial charge in [-0.2, -0.15) is 4.31 Å². The second-order valence-corrected chi connectivity index (χ2v) is 12.5. The molecule has 0 atom stereocenters. The summed E-state index contributed by atoms with van der Waals surface area (Å²) in [5, 5.41) is 1.12. The number of ether oxygens (including phenoxy) is 1. The molecule has 0 saturated carbocycles. The zero-order valence-corrected chi connectivity index (χ0v) is 25.1. The fraction of sp³-hybridized carbons (Fsp3) is 0.414. The van der Waals surface area contributed by atoms with Gasteiger partial charge in [-0.1, -0.05) is 55.2 Å². The number of sulfonamides is 1. The number of aromatic nitrogens is 1. The molecule has 39 heavy (non-hydrogen) atoms. The summed E-state index contributed by atoms with van der Waals surface area (Å²) in [6, 6.07) is 17.6. The van der Waals surface area contributed by atoms with Crippen LogP contribution in [-0.4, -0.2) is 60.9 Å². The van der Waals surface area contributed by atoms with E-state index in [1.54, 1.807) is 4.90 Å². The lowest BCUT2D eigenvalue weighted by atomic mass is 10.2. The van der Waals surface area contributed by atoms with Crippen molar-refractivity contribution in [1.82, 2.24) is 13.8 Å². The molecule has 0 aliphatic heterocycles. The summed E-state index contributed by atoms with van der Waals surface area (Å²) in [5.74, 6) is -0.0663. The maximum Gasteiger partial charge on any atom is 0.243 e. The van der Waals surface area contributed by atoms with Crippen LogP contribution in [0.5, 0.6) is 0 Å². The van der Waals surface area contributed by atoms with E-state index in [0.717, 1.165) is 11.3 Å². The Morgan fingerprint density at radius 2 is 1.74 bits per heavy atom. The van der Waals surface area contributed by atoms with Crippen LogP contribution in [-0.2, 0) is 32.6 Å². The Hall–Kier alpha value is -2.36. The zero-order chi connectivity index (χ0) is 28.4. The maximum absolute atomic E-state index is 13.7. The molecule has 7 nitrogen and oxygen atoms in total. The van der Waals surface area contributed by atoms with Crippen LogP contribution in [0.1, 0.15) is 38.4 Å². The van der Waals surface area contributed by atoms with Gasteiger partial charge in [-0.05, 0) is 67.3 Å². The molecule has 3 aromatic rings. The number of rotatable bonds is 15. The molecule has 1 heterocycles. The maximum atomic E-state index is 13.7. The Morgan fingerprint density at radius 3 is 2.41 bits per heavy atom. The average molecular weight is 595 g/mol. The van der Waals surface area contributed by atoms with Gasteiger partial charge in [-0.15, -0.1) is 0 Å². The molecule has 2 aromatic carbocycles. The fourth-order valence-corrected chi connectivity index (χ4v) is 5.98. The van der Waals surface area contributed by atoms with Crippen LogP contribution in [0.25, 0.3) is 0 Å². The lowest BCUT2D eigenvalue weighted by Crippen LogP contribution is -2.44. The highest BCUT2D eigenvalue weighted by Crippen LogP contribution is 2.21. The van der Waals surface area contributed by atoms with E-state index in [1.807, 2.05) is 63.4 Å². The molecule has 0 radical (unpaired) electrons. The summed E-state index contributed by atoms with van der Waals surface area (Å²) < 4.78 is 35.8. The normalized spacial score (nSPS) is 11.9. The third-order valence-electron chi connectivity index (χ3n) is 6.18. The molecule has 0 aliphatic carbocycles. The Bertz CT molecular complexity index is 1310. The molecule has 1 aromatic heterocycles. The number of benzene rings is 2. The summed E-state index contributed by atoms with van der Waals surface area (Å²) >= 11 is 12.4. The molecule has 0 saturated heterocycles. The molecule has 1 amide bonds. The molecule has 0 aliphatic rings. The summed E-state index contributed by atoms with van der Waals surface area (Å²) in [7, 11) is -3.93. The van der Waals surface area contributed by atoms with E-state index in [9.17, 15) is 13.2 Å². The minimum absolute atomic E-state index is 0.0973. The first-order valence-corrected chi connectivity index (χ1v) is 15.3. The molecular formula is C29H37Cl2N3O4S. The van der Waals surface area contributed by atoms with Crippen LogP contribution in [0.15, 0.2) is 71.8 Å². The minimum atomic E-state index is -3.93. The van der Waals surface area contributed by atoms with Crippen LogP contribution in [0.2, 0.25) is 10.0 Å². The Kier molecular flexibility index (Phi) is 11.9. The molecule has 0 bridgehead atoms. The van der Waals surface area contributed by atoms with Gasteiger partial charge < -0.3 is 14.2 Å². The highest BCUT2D eigenvalue weighted by molar-refractivity contribution is 7.89. The standard InChI is InChI=1S/C29H37Cl2N3O4S/c1-4-38-18-8-17-34(39(36,37)27-14-12-25(30)13-15-27)22-29(35)33(19-23(2)3)21-26-10-7-16-32(26)20-24-9-5-6-11-28(24)31/h5-7,9-16,23H,4,8,17-22H2,1-3H3. The molecule has 3 rings (SSSR count). The van der Waals surface area contributed by atoms with Gasteiger partial charge in [0, 0.05) is 54.8 Å². The van der Waals surface area contributed by atoms with Crippen molar-refractivity contribution in [3.8, 4) is 0 Å². The van der Waals surface area contributed by atoms with E-state index in [4.69, 9.17) is 27.9 Å². The average Bonchev–Trinajstić information content (AvgIpc) is 3.33. The largest absolute Gasteiger partial charge is 0.382 e. The van der Waals surface area contributed by atoms with Gasteiger partial charge in [0.25, 0.3) is 0 Å².